The number of carbonyl (C=O) groups excluding carboxylic acids is 1. The van der Waals surface area contributed by atoms with Gasteiger partial charge in [-0.3, -0.25) is 4.79 Å². The zero-order valence-electron chi connectivity index (χ0n) is 12.9. The van der Waals surface area contributed by atoms with E-state index in [1.807, 2.05) is 6.92 Å². The fourth-order valence-electron chi connectivity index (χ4n) is 2.41. The molecule has 0 N–H and O–H groups in total. The van der Waals surface area contributed by atoms with Gasteiger partial charge in [-0.25, -0.2) is 8.42 Å². The molecular weight excluding hydrogens is 308 g/mol. The van der Waals surface area contributed by atoms with Crippen LogP contribution >= 0.6 is 0 Å². The van der Waals surface area contributed by atoms with E-state index in [0.29, 0.717) is 18.8 Å². The molecule has 1 aromatic carbocycles. The van der Waals surface area contributed by atoms with Gasteiger partial charge in [-0.05, 0) is 18.6 Å². The number of ether oxygens (including phenoxy) is 2. The monoisotopic (exact) mass is 328 g/mol. The highest BCUT2D eigenvalue weighted by Crippen LogP contribution is 2.33. The molecule has 1 heterocycles. The quantitative estimate of drug-likeness (QED) is 0.735. The minimum Gasteiger partial charge on any atom is -0.496 e. The summed E-state index contributed by atoms with van der Waals surface area (Å²) >= 11 is 0. The van der Waals surface area contributed by atoms with E-state index in [-0.39, 0.29) is 23.7 Å². The van der Waals surface area contributed by atoms with Gasteiger partial charge in [-0.1, -0.05) is 0 Å². The van der Waals surface area contributed by atoms with Crippen LogP contribution in [0.2, 0.25) is 0 Å². The van der Waals surface area contributed by atoms with Crippen LogP contribution in [-0.4, -0.2) is 64.4 Å². The number of rotatable bonds is 5. The molecule has 0 radical (unpaired) electrons. The molecule has 1 saturated heterocycles. The molecular formula is C14H20N2O5S. The first-order chi connectivity index (χ1) is 10.4. The summed E-state index contributed by atoms with van der Waals surface area (Å²) in [5.74, 6) is 0.780. The van der Waals surface area contributed by atoms with Gasteiger partial charge in [0.2, 0.25) is 16.4 Å². The number of hydrogen-bond donors (Lipinski definition) is 0. The zero-order chi connectivity index (χ0) is 16.3. The summed E-state index contributed by atoms with van der Waals surface area (Å²) in [6.07, 6.45) is 0.736. The molecule has 0 aromatic heterocycles. The topological polar surface area (TPSA) is 76.2 Å². The number of aryl methyl sites for hydroxylation is 1. The van der Waals surface area contributed by atoms with Crippen LogP contribution in [0.15, 0.2) is 17.0 Å². The van der Waals surface area contributed by atoms with Gasteiger partial charge in [0.05, 0.1) is 14.2 Å². The molecule has 0 saturated carbocycles. The van der Waals surface area contributed by atoms with Crippen LogP contribution in [0.3, 0.4) is 0 Å². The number of piperazine rings is 1. The van der Waals surface area contributed by atoms with E-state index in [0.717, 1.165) is 12.0 Å². The lowest BCUT2D eigenvalue weighted by molar-refractivity contribution is -0.119. The predicted octanol–water partition coefficient (Wildman–Crippen LogP) is 0.475. The number of sulfonamides is 1. The summed E-state index contributed by atoms with van der Waals surface area (Å²) < 4.78 is 37.4. The van der Waals surface area contributed by atoms with Crippen molar-refractivity contribution in [3.05, 3.63) is 17.7 Å². The largest absolute Gasteiger partial charge is 0.496 e. The first-order valence-corrected chi connectivity index (χ1v) is 8.30. The van der Waals surface area contributed by atoms with Gasteiger partial charge in [0.15, 0.2) is 0 Å². The molecule has 2 rings (SSSR count). The van der Waals surface area contributed by atoms with E-state index >= 15 is 0 Å². The van der Waals surface area contributed by atoms with Crippen LogP contribution < -0.4 is 9.47 Å². The van der Waals surface area contributed by atoms with Crippen molar-refractivity contribution < 1.29 is 22.7 Å². The standard InChI is InChI=1S/C14H20N2O5S/c1-11-8-13(21-3)14(9-12(11)20-2)22(18,19)16-6-4-15(10-17)5-7-16/h8-10H,4-7H2,1-3H3. The molecule has 1 aromatic rings. The highest BCUT2D eigenvalue weighted by atomic mass is 32.2. The number of carbonyl (C=O) groups is 1. The number of methoxy groups -OCH3 is 2. The average molecular weight is 328 g/mol. The van der Waals surface area contributed by atoms with E-state index in [1.54, 1.807) is 11.0 Å². The fourth-order valence-corrected chi connectivity index (χ4v) is 3.99. The van der Waals surface area contributed by atoms with Gasteiger partial charge in [0.1, 0.15) is 16.4 Å². The zero-order valence-corrected chi connectivity index (χ0v) is 13.7. The maximum absolute atomic E-state index is 12.8. The Morgan fingerprint density at radius 3 is 2.14 bits per heavy atom. The first kappa shape index (κ1) is 16.6. The summed E-state index contributed by atoms with van der Waals surface area (Å²) in [5, 5.41) is 0. The lowest BCUT2D eigenvalue weighted by Gasteiger charge is -2.32. The van der Waals surface area contributed by atoms with Crippen molar-refractivity contribution in [3.63, 3.8) is 0 Å². The molecule has 1 aliphatic rings. The second-order valence-corrected chi connectivity index (χ2v) is 6.92. The Hall–Kier alpha value is -1.80. The van der Waals surface area contributed by atoms with Crippen LogP contribution in [0.5, 0.6) is 11.5 Å². The van der Waals surface area contributed by atoms with Crippen molar-refractivity contribution in [1.29, 1.82) is 0 Å². The summed E-state index contributed by atoms with van der Waals surface area (Å²) in [4.78, 5) is 12.4. The molecule has 22 heavy (non-hydrogen) atoms. The van der Waals surface area contributed by atoms with E-state index < -0.39 is 10.0 Å². The number of amides is 1. The average Bonchev–Trinajstić information content (AvgIpc) is 2.54. The Labute approximate surface area is 130 Å². The third-order valence-electron chi connectivity index (χ3n) is 3.72. The van der Waals surface area contributed by atoms with Crippen molar-refractivity contribution in [3.8, 4) is 11.5 Å². The SMILES string of the molecule is COc1cc(S(=O)(=O)N2CCN(C=O)CC2)c(OC)cc1C. The minimum absolute atomic E-state index is 0.0806. The Morgan fingerprint density at radius 1 is 1.05 bits per heavy atom. The molecule has 0 atom stereocenters. The van der Waals surface area contributed by atoms with Gasteiger partial charge in [0.25, 0.3) is 0 Å². The lowest BCUT2D eigenvalue weighted by Crippen LogP contribution is -2.48. The van der Waals surface area contributed by atoms with Crippen molar-refractivity contribution >= 4 is 16.4 Å². The maximum Gasteiger partial charge on any atom is 0.247 e. The summed E-state index contributed by atoms with van der Waals surface area (Å²) in [6.45, 7) is 3.11. The highest BCUT2D eigenvalue weighted by molar-refractivity contribution is 7.89. The van der Waals surface area contributed by atoms with Gasteiger partial charge in [0, 0.05) is 32.2 Å². The van der Waals surface area contributed by atoms with Crippen molar-refractivity contribution in [2.75, 3.05) is 40.4 Å². The molecule has 8 heteroatoms. The molecule has 122 valence electrons. The molecule has 0 bridgehead atoms. The second kappa shape index (κ2) is 6.53. The molecule has 1 fully saturated rings. The molecule has 0 spiro atoms. The van der Waals surface area contributed by atoms with Gasteiger partial charge < -0.3 is 14.4 Å². The van der Waals surface area contributed by atoms with E-state index in [9.17, 15) is 13.2 Å². The summed E-state index contributed by atoms with van der Waals surface area (Å²) in [6, 6.07) is 3.13. The van der Waals surface area contributed by atoms with Gasteiger partial charge in [-0.15, -0.1) is 0 Å². The lowest BCUT2D eigenvalue weighted by atomic mass is 10.2. The minimum atomic E-state index is -3.70. The van der Waals surface area contributed by atoms with E-state index in [2.05, 4.69) is 0 Å². The van der Waals surface area contributed by atoms with E-state index in [1.165, 1.54) is 24.6 Å². The van der Waals surface area contributed by atoms with Gasteiger partial charge >= 0.3 is 0 Å². The smallest absolute Gasteiger partial charge is 0.247 e. The predicted molar refractivity (Wildman–Crippen MR) is 80.7 cm³/mol. The number of benzene rings is 1. The molecule has 1 aliphatic heterocycles. The highest BCUT2D eigenvalue weighted by Gasteiger charge is 2.31. The Bertz CT molecular complexity index is 651. The normalized spacial score (nSPS) is 16.4. The molecule has 1 amide bonds. The summed E-state index contributed by atoms with van der Waals surface area (Å²) in [5.41, 5.74) is 0.795. The third kappa shape index (κ3) is 3.02. The van der Waals surface area contributed by atoms with Crippen LogP contribution in [0.25, 0.3) is 0 Å². The number of hydrogen-bond acceptors (Lipinski definition) is 5. The number of nitrogens with zero attached hydrogens (tertiary/aromatic N) is 2. The van der Waals surface area contributed by atoms with Gasteiger partial charge in [-0.2, -0.15) is 4.31 Å². The summed E-state index contributed by atoms with van der Waals surface area (Å²) in [7, 11) is -0.771. The van der Waals surface area contributed by atoms with Crippen LogP contribution in [0.1, 0.15) is 5.56 Å². The first-order valence-electron chi connectivity index (χ1n) is 6.86. The Balaban J connectivity index is 2.39. The Morgan fingerprint density at radius 2 is 1.64 bits per heavy atom. The second-order valence-electron chi connectivity index (χ2n) is 5.02. The van der Waals surface area contributed by atoms with Crippen molar-refractivity contribution in [2.45, 2.75) is 11.8 Å². The van der Waals surface area contributed by atoms with Crippen molar-refractivity contribution in [2.24, 2.45) is 0 Å². The maximum atomic E-state index is 12.8. The van der Waals surface area contributed by atoms with Crippen LogP contribution in [0, 0.1) is 6.92 Å². The fraction of sp³-hybridized carbons (Fsp3) is 0.500. The van der Waals surface area contributed by atoms with Crippen molar-refractivity contribution in [1.82, 2.24) is 9.21 Å². The molecule has 0 aliphatic carbocycles. The Kier molecular flexibility index (Phi) is 4.92. The van der Waals surface area contributed by atoms with Crippen LogP contribution in [-0.2, 0) is 14.8 Å². The van der Waals surface area contributed by atoms with E-state index in [4.69, 9.17) is 9.47 Å². The molecule has 0 unspecified atom stereocenters. The van der Waals surface area contributed by atoms with Crippen LogP contribution in [0.4, 0.5) is 0 Å². The molecule has 7 nitrogen and oxygen atoms in total. The third-order valence-corrected chi connectivity index (χ3v) is 5.64.